The third-order valence-electron chi connectivity index (χ3n) is 2.55. The highest BCUT2D eigenvalue weighted by Crippen LogP contribution is 2.23. The SMILES string of the molecule is CC[C@H](C(=O)OC(C)(C)C)N1CC(Br)CC1=O. The van der Waals surface area contributed by atoms with Gasteiger partial charge in [-0.3, -0.25) is 4.79 Å². The lowest BCUT2D eigenvalue weighted by Crippen LogP contribution is -2.45. The molecule has 0 spiro atoms. The zero-order valence-electron chi connectivity index (χ0n) is 10.8. The number of likely N-dealkylation sites (tertiary alicyclic amines) is 1. The summed E-state index contributed by atoms with van der Waals surface area (Å²) in [7, 11) is 0. The number of alkyl halides is 1. The van der Waals surface area contributed by atoms with Gasteiger partial charge in [0.2, 0.25) is 5.91 Å². The maximum Gasteiger partial charge on any atom is 0.329 e. The van der Waals surface area contributed by atoms with Crippen molar-refractivity contribution in [2.24, 2.45) is 0 Å². The van der Waals surface area contributed by atoms with Crippen molar-refractivity contribution in [2.45, 2.75) is 57.0 Å². The van der Waals surface area contributed by atoms with Gasteiger partial charge < -0.3 is 9.64 Å². The molecule has 0 bridgehead atoms. The van der Waals surface area contributed by atoms with Crippen molar-refractivity contribution in [1.82, 2.24) is 4.90 Å². The minimum Gasteiger partial charge on any atom is -0.458 e. The Morgan fingerprint density at radius 1 is 1.59 bits per heavy atom. The number of hydrogen-bond donors (Lipinski definition) is 0. The van der Waals surface area contributed by atoms with Crippen molar-refractivity contribution in [3.05, 3.63) is 0 Å². The Labute approximate surface area is 111 Å². The number of carbonyl (C=O) groups is 2. The van der Waals surface area contributed by atoms with E-state index in [4.69, 9.17) is 4.74 Å². The van der Waals surface area contributed by atoms with Crippen LogP contribution in [0.1, 0.15) is 40.5 Å². The van der Waals surface area contributed by atoms with Gasteiger partial charge in [-0.05, 0) is 27.2 Å². The molecule has 0 aromatic heterocycles. The highest BCUT2D eigenvalue weighted by atomic mass is 79.9. The first-order valence-corrected chi connectivity index (χ1v) is 6.82. The Hall–Kier alpha value is -0.580. The smallest absolute Gasteiger partial charge is 0.329 e. The van der Waals surface area contributed by atoms with Gasteiger partial charge in [-0.1, -0.05) is 22.9 Å². The Balaban J connectivity index is 2.71. The van der Waals surface area contributed by atoms with Crippen LogP contribution >= 0.6 is 15.9 Å². The summed E-state index contributed by atoms with van der Waals surface area (Å²) in [5, 5.41) is 0. The summed E-state index contributed by atoms with van der Waals surface area (Å²) < 4.78 is 5.34. The third kappa shape index (κ3) is 3.98. The predicted molar refractivity (Wildman–Crippen MR) is 69.0 cm³/mol. The maximum absolute atomic E-state index is 12.0. The molecule has 0 radical (unpaired) electrons. The maximum atomic E-state index is 12.0. The predicted octanol–water partition coefficient (Wildman–Crippen LogP) is 2.10. The second-order valence-electron chi connectivity index (χ2n) is 5.31. The van der Waals surface area contributed by atoms with E-state index in [1.54, 1.807) is 4.90 Å². The summed E-state index contributed by atoms with van der Waals surface area (Å²) in [6.45, 7) is 7.96. The van der Waals surface area contributed by atoms with E-state index < -0.39 is 11.6 Å². The number of hydrogen-bond acceptors (Lipinski definition) is 3. The Morgan fingerprint density at radius 2 is 2.18 bits per heavy atom. The molecule has 98 valence electrons. The minimum absolute atomic E-state index is 0.0181. The summed E-state index contributed by atoms with van der Waals surface area (Å²) in [6, 6.07) is -0.454. The topological polar surface area (TPSA) is 46.6 Å². The zero-order valence-corrected chi connectivity index (χ0v) is 12.4. The molecular formula is C12H20BrNO3. The van der Waals surface area contributed by atoms with E-state index in [1.165, 1.54) is 0 Å². The molecule has 0 saturated carbocycles. The van der Waals surface area contributed by atoms with Crippen LogP contribution in [-0.4, -0.2) is 39.8 Å². The standard InChI is InChI=1S/C12H20BrNO3/c1-5-9(11(16)17-12(2,3)4)14-7-8(13)6-10(14)15/h8-9H,5-7H2,1-4H3/t8?,9-/m1/s1. The summed E-state index contributed by atoms with van der Waals surface area (Å²) >= 11 is 3.41. The van der Waals surface area contributed by atoms with Crippen molar-refractivity contribution < 1.29 is 14.3 Å². The van der Waals surface area contributed by atoms with Gasteiger partial charge in [0.05, 0.1) is 0 Å². The second-order valence-corrected chi connectivity index (χ2v) is 6.60. The van der Waals surface area contributed by atoms with Crippen LogP contribution in [-0.2, 0) is 14.3 Å². The summed E-state index contributed by atoms with van der Waals surface area (Å²) in [4.78, 5) is 25.5. The van der Waals surface area contributed by atoms with E-state index in [1.807, 2.05) is 27.7 Å². The molecule has 0 aromatic rings. The first-order chi connectivity index (χ1) is 7.74. The van der Waals surface area contributed by atoms with Crippen LogP contribution in [0.5, 0.6) is 0 Å². The number of esters is 1. The molecule has 1 amide bonds. The number of carbonyl (C=O) groups excluding carboxylic acids is 2. The van der Waals surface area contributed by atoms with Gasteiger partial charge in [0.25, 0.3) is 0 Å². The number of rotatable bonds is 3. The molecule has 4 nitrogen and oxygen atoms in total. The van der Waals surface area contributed by atoms with Crippen LogP contribution in [0.15, 0.2) is 0 Å². The van der Waals surface area contributed by atoms with E-state index in [0.717, 1.165) is 0 Å². The largest absolute Gasteiger partial charge is 0.458 e. The molecular weight excluding hydrogens is 286 g/mol. The van der Waals surface area contributed by atoms with Gasteiger partial charge in [-0.25, -0.2) is 4.79 Å². The molecule has 0 aliphatic carbocycles. The summed E-state index contributed by atoms with van der Waals surface area (Å²) in [5.41, 5.74) is -0.513. The van der Waals surface area contributed by atoms with Crippen molar-refractivity contribution in [3.63, 3.8) is 0 Å². The second kappa shape index (κ2) is 5.38. The lowest BCUT2D eigenvalue weighted by Gasteiger charge is -2.29. The summed E-state index contributed by atoms with van der Waals surface area (Å²) in [5.74, 6) is -0.292. The molecule has 2 atom stereocenters. The average Bonchev–Trinajstić information content (AvgIpc) is 2.43. The van der Waals surface area contributed by atoms with Crippen molar-refractivity contribution >= 4 is 27.8 Å². The first kappa shape index (κ1) is 14.5. The monoisotopic (exact) mass is 305 g/mol. The highest BCUT2D eigenvalue weighted by molar-refractivity contribution is 9.09. The fourth-order valence-electron chi connectivity index (χ4n) is 1.87. The van der Waals surface area contributed by atoms with Gasteiger partial charge in [0.1, 0.15) is 11.6 Å². The van der Waals surface area contributed by atoms with E-state index in [0.29, 0.717) is 19.4 Å². The van der Waals surface area contributed by atoms with E-state index in [-0.39, 0.29) is 16.7 Å². The van der Waals surface area contributed by atoms with Crippen molar-refractivity contribution in [3.8, 4) is 0 Å². The molecule has 1 saturated heterocycles. The van der Waals surface area contributed by atoms with Crippen LogP contribution in [0.25, 0.3) is 0 Å². The number of ether oxygens (including phenoxy) is 1. The number of nitrogens with zero attached hydrogens (tertiary/aromatic N) is 1. The van der Waals surface area contributed by atoms with Crippen LogP contribution in [0.3, 0.4) is 0 Å². The Morgan fingerprint density at radius 3 is 2.53 bits per heavy atom. The molecule has 1 rings (SSSR count). The molecule has 17 heavy (non-hydrogen) atoms. The van der Waals surface area contributed by atoms with Crippen LogP contribution < -0.4 is 0 Å². The zero-order chi connectivity index (χ0) is 13.2. The lowest BCUT2D eigenvalue weighted by molar-refractivity contribution is -0.163. The van der Waals surface area contributed by atoms with Crippen LogP contribution in [0.4, 0.5) is 0 Å². The first-order valence-electron chi connectivity index (χ1n) is 5.91. The number of halogens is 1. The quantitative estimate of drug-likeness (QED) is 0.592. The molecule has 1 unspecified atom stereocenters. The molecule has 0 N–H and O–H groups in total. The highest BCUT2D eigenvalue weighted by Gasteiger charge is 2.37. The number of amides is 1. The summed E-state index contributed by atoms with van der Waals surface area (Å²) in [6.07, 6.45) is 1.04. The average molecular weight is 306 g/mol. The van der Waals surface area contributed by atoms with E-state index in [2.05, 4.69) is 15.9 Å². The van der Waals surface area contributed by atoms with Gasteiger partial charge in [0, 0.05) is 17.8 Å². The molecule has 1 aliphatic heterocycles. The van der Waals surface area contributed by atoms with Crippen LogP contribution in [0.2, 0.25) is 0 Å². The van der Waals surface area contributed by atoms with Crippen LogP contribution in [0, 0.1) is 0 Å². The van der Waals surface area contributed by atoms with Crippen molar-refractivity contribution in [2.75, 3.05) is 6.54 Å². The molecule has 0 aromatic carbocycles. The lowest BCUT2D eigenvalue weighted by atomic mass is 10.1. The molecule has 1 heterocycles. The molecule has 5 heteroatoms. The Bertz CT molecular complexity index is 311. The van der Waals surface area contributed by atoms with Gasteiger partial charge in [-0.2, -0.15) is 0 Å². The van der Waals surface area contributed by atoms with Gasteiger partial charge >= 0.3 is 5.97 Å². The minimum atomic E-state index is -0.513. The van der Waals surface area contributed by atoms with E-state index in [9.17, 15) is 9.59 Å². The third-order valence-corrected chi connectivity index (χ3v) is 3.17. The normalized spacial score (nSPS) is 22.8. The van der Waals surface area contributed by atoms with Gasteiger partial charge in [0.15, 0.2) is 0 Å². The van der Waals surface area contributed by atoms with E-state index >= 15 is 0 Å². The fraction of sp³-hybridized carbons (Fsp3) is 0.833. The van der Waals surface area contributed by atoms with Crippen molar-refractivity contribution in [1.29, 1.82) is 0 Å². The molecule has 1 fully saturated rings. The fourth-order valence-corrected chi connectivity index (χ4v) is 2.46. The molecule has 1 aliphatic rings. The Kier molecular flexibility index (Phi) is 4.58. The van der Waals surface area contributed by atoms with Gasteiger partial charge in [-0.15, -0.1) is 0 Å².